The van der Waals surface area contributed by atoms with Crippen molar-refractivity contribution >= 4 is 40.6 Å². The standard InChI is InChI=1S/C21H18ClN7O4/c1-26-18-17(19(30)27(2)21(26)31)28(12-14-7-3-4-9-16(14)22)20(24-18)25-23-11-13-6-5-8-15(10-13)29(32)33/h3-11H,12H2,1-2H3,(H,24,25)/b23-11-. The molecule has 0 aliphatic carbocycles. The molecule has 0 aliphatic heterocycles. The molecule has 0 unspecified atom stereocenters. The van der Waals surface area contributed by atoms with Crippen LogP contribution >= 0.6 is 11.6 Å². The Morgan fingerprint density at radius 3 is 2.64 bits per heavy atom. The zero-order chi connectivity index (χ0) is 23.7. The van der Waals surface area contributed by atoms with E-state index >= 15 is 0 Å². The van der Waals surface area contributed by atoms with Crippen molar-refractivity contribution in [1.29, 1.82) is 0 Å². The number of aromatic nitrogens is 4. The van der Waals surface area contributed by atoms with E-state index in [1.165, 1.54) is 37.0 Å². The van der Waals surface area contributed by atoms with Crippen molar-refractivity contribution in [2.45, 2.75) is 6.54 Å². The summed E-state index contributed by atoms with van der Waals surface area (Å²) < 4.78 is 3.86. The Bertz CT molecular complexity index is 1530. The molecule has 1 N–H and O–H groups in total. The first-order chi connectivity index (χ1) is 15.8. The fourth-order valence-electron chi connectivity index (χ4n) is 3.37. The van der Waals surface area contributed by atoms with Gasteiger partial charge >= 0.3 is 5.69 Å². The lowest BCUT2D eigenvalue weighted by Crippen LogP contribution is -2.37. The van der Waals surface area contributed by atoms with Crippen LogP contribution in [0.4, 0.5) is 11.6 Å². The van der Waals surface area contributed by atoms with E-state index in [0.717, 1.165) is 10.1 Å². The highest BCUT2D eigenvalue weighted by atomic mass is 35.5. The molecule has 33 heavy (non-hydrogen) atoms. The smallest absolute Gasteiger partial charge is 0.298 e. The summed E-state index contributed by atoms with van der Waals surface area (Å²) in [7, 11) is 2.91. The van der Waals surface area contributed by atoms with Crippen LogP contribution in [0, 0.1) is 10.1 Å². The zero-order valence-electron chi connectivity index (χ0n) is 17.6. The fraction of sp³-hybridized carbons (Fsp3) is 0.143. The van der Waals surface area contributed by atoms with Gasteiger partial charge in [-0.25, -0.2) is 10.2 Å². The predicted molar refractivity (Wildman–Crippen MR) is 125 cm³/mol. The summed E-state index contributed by atoms with van der Waals surface area (Å²) in [6, 6.07) is 13.1. The van der Waals surface area contributed by atoms with Gasteiger partial charge in [-0.05, 0) is 11.6 Å². The van der Waals surface area contributed by atoms with Gasteiger partial charge in [0.25, 0.3) is 11.2 Å². The second-order valence-electron chi connectivity index (χ2n) is 7.21. The second-order valence-corrected chi connectivity index (χ2v) is 7.62. The maximum atomic E-state index is 12.9. The maximum Gasteiger partial charge on any atom is 0.332 e. The summed E-state index contributed by atoms with van der Waals surface area (Å²) in [5.41, 5.74) is 3.30. The van der Waals surface area contributed by atoms with Crippen LogP contribution in [-0.4, -0.2) is 29.8 Å². The average molecular weight is 468 g/mol. The first kappa shape index (κ1) is 22.0. The highest BCUT2D eigenvalue weighted by Crippen LogP contribution is 2.22. The quantitative estimate of drug-likeness (QED) is 0.263. The van der Waals surface area contributed by atoms with Crippen molar-refractivity contribution in [3.63, 3.8) is 0 Å². The van der Waals surface area contributed by atoms with E-state index in [9.17, 15) is 19.7 Å². The number of nitro benzene ring substituents is 1. The highest BCUT2D eigenvalue weighted by molar-refractivity contribution is 6.31. The number of rotatable bonds is 6. The van der Waals surface area contributed by atoms with Crippen LogP contribution in [0.25, 0.3) is 11.2 Å². The number of nitrogens with one attached hydrogen (secondary N) is 1. The Balaban J connectivity index is 1.81. The minimum absolute atomic E-state index is 0.0663. The number of halogens is 1. The molecule has 0 aliphatic rings. The number of fused-ring (bicyclic) bond motifs is 1. The summed E-state index contributed by atoms with van der Waals surface area (Å²) >= 11 is 6.32. The van der Waals surface area contributed by atoms with Crippen LogP contribution in [-0.2, 0) is 20.6 Å². The molecular formula is C21H18ClN7O4. The Kier molecular flexibility index (Phi) is 5.80. The third-order valence-electron chi connectivity index (χ3n) is 5.09. The minimum Gasteiger partial charge on any atom is -0.298 e. The van der Waals surface area contributed by atoms with Gasteiger partial charge < -0.3 is 0 Å². The number of hydrogen-bond acceptors (Lipinski definition) is 7. The third kappa shape index (κ3) is 4.13. The summed E-state index contributed by atoms with van der Waals surface area (Å²) in [5.74, 6) is 0.199. The molecule has 2 heterocycles. The predicted octanol–water partition coefficient (Wildman–Crippen LogP) is 2.49. The Hall–Kier alpha value is -4.25. The maximum absolute atomic E-state index is 12.9. The fourth-order valence-corrected chi connectivity index (χ4v) is 3.56. The van der Waals surface area contributed by atoms with E-state index in [1.54, 1.807) is 28.8 Å². The Morgan fingerprint density at radius 1 is 1.15 bits per heavy atom. The molecule has 168 valence electrons. The Labute approximate surface area is 191 Å². The SMILES string of the molecule is Cn1c(=O)c2c(nc(N/N=C\c3cccc([N+](=O)[O-])c3)n2Cc2ccccc2Cl)n(C)c1=O. The number of benzene rings is 2. The van der Waals surface area contributed by atoms with Crippen molar-refractivity contribution in [3.8, 4) is 0 Å². The van der Waals surface area contributed by atoms with Gasteiger partial charge in [-0.1, -0.05) is 41.9 Å². The minimum atomic E-state index is -0.512. The van der Waals surface area contributed by atoms with Crippen molar-refractivity contribution in [2.75, 3.05) is 5.43 Å². The van der Waals surface area contributed by atoms with Crippen LogP contribution in [0.1, 0.15) is 11.1 Å². The molecule has 0 bridgehead atoms. The molecule has 12 heteroatoms. The highest BCUT2D eigenvalue weighted by Gasteiger charge is 2.19. The zero-order valence-corrected chi connectivity index (χ0v) is 18.4. The van der Waals surface area contributed by atoms with Crippen LogP contribution in [0.15, 0.2) is 63.2 Å². The second kappa shape index (κ2) is 8.71. The van der Waals surface area contributed by atoms with Crippen LogP contribution < -0.4 is 16.7 Å². The number of hydrogen-bond donors (Lipinski definition) is 1. The van der Waals surface area contributed by atoms with Gasteiger partial charge in [-0.2, -0.15) is 10.1 Å². The topological polar surface area (TPSA) is 129 Å². The van der Waals surface area contributed by atoms with Gasteiger partial charge in [0, 0.05) is 36.8 Å². The van der Waals surface area contributed by atoms with Crippen LogP contribution in [0.2, 0.25) is 5.02 Å². The van der Waals surface area contributed by atoms with Gasteiger partial charge in [-0.3, -0.25) is 28.6 Å². The average Bonchev–Trinajstić information content (AvgIpc) is 3.16. The number of aryl methyl sites for hydroxylation is 1. The van der Waals surface area contributed by atoms with Crippen molar-refractivity contribution < 1.29 is 4.92 Å². The van der Waals surface area contributed by atoms with Crippen molar-refractivity contribution in [1.82, 2.24) is 18.7 Å². The lowest BCUT2D eigenvalue weighted by atomic mass is 10.2. The number of anilines is 1. The van der Waals surface area contributed by atoms with Crippen LogP contribution in [0.5, 0.6) is 0 Å². The Morgan fingerprint density at radius 2 is 1.91 bits per heavy atom. The molecule has 2 aromatic heterocycles. The van der Waals surface area contributed by atoms with Crippen molar-refractivity contribution in [3.05, 3.63) is 95.6 Å². The number of non-ortho nitro benzene ring substituents is 1. The van der Waals surface area contributed by atoms with E-state index in [0.29, 0.717) is 10.6 Å². The first-order valence-electron chi connectivity index (χ1n) is 9.71. The molecule has 0 saturated heterocycles. The monoisotopic (exact) mass is 467 g/mol. The summed E-state index contributed by atoms with van der Waals surface area (Å²) in [5, 5.41) is 15.6. The molecule has 11 nitrogen and oxygen atoms in total. The normalized spacial score (nSPS) is 11.4. The molecule has 4 rings (SSSR count). The third-order valence-corrected chi connectivity index (χ3v) is 5.46. The molecule has 0 radical (unpaired) electrons. The number of nitrogens with zero attached hydrogens (tertiary/aromatic N) is 6. The summed E-state index contributed by atoms with van der Waals surface area (Å²) in [4.78, 5) is 40.2. The molecule has 0 atom stereocenters. The van der Waals surface area contributed by atoms with Gasteiger partial charge in [0.15, 0.2) is 11.2 Å². The molecule has 2 aromatic carbocycles. The largest absolute Gasteiger partial charge is 0.332 e. The van der Waals surface area contributed by atoms with Gasteiger partial charge in [0.2, 0.25) is 5.95 Å². The van der Waals surface area contributed by atoms with Crippen molar-refractivity contribution in [2.24, 2.45) is 19.2 Å². The molecule has 0 saturated carbocycles. The van der Waals surface area contributed by atoms with E-state index in [4.69, 9.17) is 11.6 Å². The number of nitro groups is 1. The van der Waals surface area contributed by atoms with Gasteiger partial charge in [0.05, 0.1) is 17.7 Å². The van der Waals surface area contributed by atoms with E-state index < -0.39 is 16.2 Å². The van der Waals surface area contributed by atoms with Crippen LogP contribution in [0.3, 0.4) is 0 Å². The van der Waals surface area contributed by atoms with E-state index in [1.807, 2.05) is 12.1 Å². The summed E-state index contributed by atoms with van der Waals surface area (Å²) in [6.45, 7) is 0.193. The lowest BCUT2D eigenvalue weighted by molar-refractivity contribution is -0.384. The number of imidazole rings is 1. The van der Waals surface area contributed by atoms with Gasteiger partial charge in [-0.15, -0.1) is 0 Å². The molecule has 0 spiro atoms. The molecule has 4 aromatic rings. The molecular weight excluding hydrogens is 450 g/mol. The summed E-state index contributed by atoms with van der Waals surface area (Å²) in [6.07, 6.45) is 1.39. The molecule has 0 amide bonds. The van der Waals surface area contributed by atoms with E-state index in [-0.39, 0.29) is 29.3 Å². The first-order valence-corrected chi connectivity index (χ1v) is 10.1. The van der Waals surface area contributed by atoms with Gasteiger partial charge in [0.1, 0.15) is 0 Å². The molecule has 0 fully saturated rings. The van der Waals surface area contributed by atoms with E-state index in [2.05, 4.69) is 15.5 Å². The number of hydrazone groups is 1. The lowest BCUT2D eigenvalue weighted by Gasteiger charge is -2.10.